The Kier molecular flexibility index (Phi) is 2.68. The molecule has 0 aliphatic carbocycles. The second-order valence-electron chi connectivity index (χ2n) is 3.81. The van der Waals surface area contributed by atoms with Crippen LogP contribution in [0.25, 0.3) is 0 Å². The van der Waals surface area contributed by atoms with E-state index >= 15 is 0 Å². The van der Waals surface area contributed by atoms with E-state index in [9.17, 15) is 0 Å². The Morgan fingerprint density at radius 3 is 3.07 bits per heavy atom. The summed E-state index contributed by atoms with van der Waals surface area (Å²) in [6.45, 7) is 5.05. The number of pyridine rings is 1. The SMILES string of the molecule is Cc1ccncc1N[C@@H]1CCO[C@H]1C. The van der Waals surface area contributed by atoms with Crippen LogP contribution in [0.5, 0.6) is 0 Å². The summed E-state index contributed by atoms with van der Waals surface area (Å²) < 4.78 is 5.49. The predicted molar refractivity (Wildman–Crippen MR) is 56.4 cm³/mol. The minimum absolute atomic E-state index is 0.301. The van der Waals surface area contributed by atoms with E-state index in [2.05, 4.69) is 24.1 Å². The minimum atomic E-state index is 0.301. The van der Waals surface area contributed by atoms with Crippen LogP contribution in [-0.2, 0) is 4.74 Å². The number of aryl methyl sites for hydroxylation is 1. The van der Waals surface area contributed by atoms with E-state index in [0.717, 1.165) is 18.7 Å². The molecule has 1 aromatic heterocycles. The number of hydrogen-bond acceptors (Lipinski definition) is 3. The van der Waals surface area contributed by atoms with Gasteiger partial charge in [0.25, 0.3) is 0 Å². The Labute approximate surface area is 84.5 Å². The van der Waals surface area contributed by atoms with Gasteiger partial charge in [0.1, 0.15) is 0 Å². The molecule has 0 spiro atoms. The molecule has 0 unspecified atom stereocenters. The Hall–Kier alpha value is -1.09. The summed E-state index contributed by atoms with van der Waals surface area (Å²) in [6, 6.07) is 2.45. The van der Waals surface area contributed by atoms with Gasteiger partial charge in [0.15, 0.2) is 0 Å². The lowest BCUT2D eigenvalue weighted by atomic mass is 10.1. The van der Waals surface area contributed by atoms with E-state index in [1.54, 1.807) is 0 Å². The third-order valence-corrected chi connectivity index (χ3v) is 2.76. The lowest BCUT2D eigenvalue weighted by Crippen LogP contribution is -2.27. The van der Waals surface area contributed by atoms with Crippen molar-refractivity contribution >= 4 is 5.69 Å². The zero-order valence-corrected chi connectivity index (χ0v) is 8.66. The van der Waals surface area contributed by atoms with Gasteiger partial charge in [0.05, 0.1) is 24.0 Å². The third kappa shape index (κ3) is 1.87. The number of aromatic nitrogens is 1. The van der Waals surface area contributed by atoms with Crippen molar-refractivity contribution in [3.8, 4) is 0 Å². The zero-order chi connectivity index (χ0) is 9.97. The van der Waals surface area contributed by atoms with Crippen molar-refractivity contribution in [3.63, 3.8) is 0 Å². The maximum absolute atomic E-state index is 5.49. The molecule has 1 saturated heterocycles. The Morgan fingerprint density at radius 2 is 2.43 bits per heavy atom. The van der Waals surface area contributed by atoms with E-state index < -0.39 is 0 Å². The second kappa shape index (κ2) is 3.96. The molecule has 2 rings (SSSR count). The van der Waals surface area contributed by atoms with Gasteiger partial charge < -0.3 is 10.1 Å². The van der Waals surface area contributed by atoms with Crippen LogP contribution in [0.3, 0.4) is 0 Å². The quantitative estimate of drug-likeness (QED) is 0.778. The molecule has 1 aliphatic rings. The maximum atomic E-state index is 5.49. The number of anilines is 1. The van der Waals surface area contributed by atoms with Crippen molar-refractivity contribution in [2.24, 2.45) is 0 Å². The fourth-order valence-electron chi connectivity index (χ4n) is 1.74. The molecule has 3 heteroatoms. The molecule has 1 fully saturated rings. The summed E-state index contributed by atoms with van der Waals surface area (Å²) in [4.78, 5) is 4.11. The molecule has 2 atom stereocenters. The zero-order valence-electron chi connectivity index (χ0n) is 8.66. The molecular weight excluding hydrogens is 176 g/mol. The lowest BCUT2D eigenvalue weighted by Gasteiger charge is -2.18. The molecular formula is C11H16N2O. The van der Waals surface area contributed by atoms with Crippen molar-refractivity contribution in [1.82, 2.24) is 4.98 Å². The molecule has 0 amide bonds. The van der Waals surface area contributed by atoms with Crippen molar-refractivity contribution < 1.29 is 4.74 Å². The van der Waals surface area contributed by atoms with Crippen LogP contribution >= 0.6 is 0 Å². The number of hydrogen-bond donors (Lipinski definition) is 1. The van der Waals surface area contributed by atoms with Crippen LogP contribution in [0.15, 0.2) is 18.5 Å². The Morgan fingerprint density at radius 1 is 1.57 bits per heavy atom. The highest BCUT2D eigenvalue weighted by Crippen LogP contribution is 2.20. The highest BCUT2D eigenvalue weighted by molar-refractivity contribution is 5.49. The van der Waals surface area contributed by atoms with E-state index in [1.807, 2.05) is 18.5 Å². The van der Waals surface area contributed by atoms with Gasteiger partial charge >= 0.3 is 0 Å². The van der Waals surface area contributed by atoms with E-state index in [1.165, 1.54) is 5.56 Å². The Bertz CT molecular complexity index is 314. The normalized spacial score (nSPS) is 26.4. The van der Waals surface area contributed by atoms with Gasteiger partial charge in [-0.25, -0.2) is 0 Å². The second-order valence-corrected chi connectivity index (χ2v) is 3.81. The lowest BCUT2D eigenvalue weighted by molar-refractivity contribution is 0.121. The predicted octanol–water partition coefficient (Wildman–Crippen LogP) is 1.98. The first-order chi connectivity index (χ1) is 6.77. The van der Waals surface area contributed by atoms with Crippen LogP contribution in [0.4, 0.5) is 5.69 Å². The first kappa shape index (κ1) is 9.46. The summed E-state index contributed by atoms with van der Waals surface area (Å²) in [5.74, 6) is 0. The molecule has 0 aromatic carbocycles. The van der Waals surface area contributed by atoms with Gasteiger partial charge in [0.2, 0.25) is 0 Å². The van der Waals surface area contributed by atoms with Crippen molar-refractivity contribution in [1.29, 1.82) is 0 Å². The first-order valence-corrected chi connectivity index (χ1v) is 5.06. The average molecular weight is 192 g/mol. The van der Waals surface area contributed by atoms with Crippen LogP contribution in [0.2, 0.25) is 0 Å². The van der Waals surface area contributed by atoms with E-state index in [-0.39, 0.29) is 0 Å². The van der Waals surface area contributed by atoms with E-state index in [0.29, 0.717) is 12.1 Å². The van der Waals surface area contributed by atoms with Gasteiger partial charge in [0, 0.05) is 12.8 Å². The van der Waals surface area contributed by atoms with Gasteiger partial charge in [-0.15, -0.1) is 0 Å². The number of ether oxygens (including phenoxy) is 1. The largest absolute Gasteiger partial charge is 0.378 e. The van der Waals surface area contributed by atoms with Crippen LogP contribution in [0, 0.1) is 6.92 Å². The van der Waals surface area contributed by atoms with Crippen LogP contribution in [0.1, 0.15) is 18.9 Å². The molecule has 3 nitrogen and oxygen atoms in total. The average Bonchev–Trinajstić information content (AvgIpc) is 2.56. The fraction of sp³-hybridized carbons (Fsp3) is 0.545. The van der Waals surface area contributed by atoms with Crippen LogP contribution < -0.4 is 5.32 Å². The summed E-state index contributed by atoms with van der Waals surface area (Å²) in [7, 11) is 0. The smallest absolute Gasteiger partial charge is 0.0748 e. The topological polar surface area (TPSA) is 34.2 Å². The van der Waals surface area contributed by atoms with Crippen molar-refractivity contribution in [2.45, 2.75) is 32.4 Å². The van der Waals surface area contributed by atoms with Gasteiger partial charge in [-0.2, -0.15) is 0 Å². The number of nitrogens with zero attached hydrogens (tertiary/aromatic N) is 1. The van der Waals surface area contributed by atoms with Gasteiger partial charge in [-0.3, -0.25) is 4.98 Å². The third-order valence-electron chi connectivity index (χ3n) is 2.76. The molecule has 1 aliphatic heterocycles. The summed E-state index contributed by atoms with van der Waals surface area (Å²) in [5, 5.41) is 3.47. The van der Waals surface area contributed by atoms with Gasteiger partial charge in [-0.1, -0.05) is 0 Å². The first-order valence-electron chi connectivity index (χ1n) is 5.06. The molecule has 1 aromatic rings. The molecule has 0 saturated carbocycles. The fourth-order valence-corrected chi connectivity index (χ4v) is 1.74. The molecule has 2 heterocycles. The summed E-state index contributed by atoms with van der Waals surface area (Å²) >= 11 is 0. The standard InChI is InChI=1S/C11H16N2O/c1-8-3-5-12-7-11(8)13-10-4-6-14-9(10)2/h3,5,7,9-10,13H,4,6H2,1-2H3/t9-,10+/m0/s1. The van der Waals surface area contributed by atoms with E-state index in [4.69, 9.17) is 4.74 Å². The molecule has 76 valence electrons. The monoisotopic (exact) mass is 192 g/mol. The summed E-state index contributed by atoms with van der Waals surface area (Å²) in [5.41, 5.74) is 2.36. The molecule has 0 bridgehead atoms. The van der Waals surface area contributed by atoms with Crippen molar-refractivity contribution in [2.75, 3.05) is 11.9 Å². The highest BCUT2D eigenvalue weighted by Gasteiger charge is 2.24. The summed E-state index contributed by atoms with van der Waals surface area (Å²) in [6.07, 6.45) is 5.07. The molecule has 1 N–H and O–H groups in total. The maximum Gasteiger partial charge on any atom is 0.0748 e. The Balaban J connectivity index is 2.07. The van der Waals surface area contributed by atoms with Crippen LogP contribution in [-0.4, -0.2) is 23.7 Å². The number of rotatable bonds is 2. The molecule has 14 heavy (non-hydrogen) atoms. The number of nitrogens with one attached hydrogen (secondary N) is 1. The highest BCUT2D eigenvalue weighted by atomic mass is 16.5. The van der Waals surface area contributed by atoms with Gasteiger partial charge in [-0.05, 0) is 31.9 Å². The van der Waals surface area contributed by atoms with Crippen molar-refractivity contribution in [3.05, 3.63) is 24.0 Å². The minimum Gasteiger partial charge on any atom is -0.378 e. The molecule has 0 radical (unpaired) electrons.